The number of hydrogen-bond acceptors (Lipinski definition) is 4. The van der Waals surface area contributed by atoms with E-state index in [1.54, 1.807) is 6.20 Å². The molecule has 1 aromatic carbocycles. The van der Waals surface area contributed by atoms with Gasteiger partial charge >= 0.3 is 0 Å². The van der Waals surface area contributed by atoms with E-state index < -0.39 is 11.7 Å². The molecule has 3 rings (SSSR count). The monoisotopic (exact) mass is 347 g/mol. The molecule has 0 aliphatic carbocycles. The van der Waals surface area contributed by atoms with E-state index in [1.165, 1.54) is 23.5 Å². The summed E-state index contributed by atoms with van der Waals surface area (Å²) < 4.78 is 13.7. The first-order valence-electron chi connectivity index (χ1n) is 6.70. The number of halogens is 2. The fraction of sp³-hybridized carbons (Fsp3) is 0.0625. The zero-order chi connectivity index (χ0) is 16.4. The number of benzene rings is 1. The van der Waals surface area contributed by atoms with Gasteiger partial charge in [0.15, 0.2) is 5.13 Å². The zero-order valence-corrected chi connectivity index (χ0v) is 13.6. The van der Waals surface area contributed by atoms with Crippen molar-refractivity contribution in [2.75, 3.05) is 5.32 Å². The third-order valence-electron chi connectivity index (χ3n) is 3.09. The van der Waals surface area contributed by atoms with Gasteiger partial charge in [-0.05, 0) is 37.3 Å². The summed E-state index contributed by atoms with van der Waals surface area (Å²) in [5.74, 6) is -1.23. The predicted molar refractivity (Wildman–Crippen MR) is 89.4 cm³/mol. The molecule has 116 valence electrons. The van der Waals surface area contributed by atoms with E-state index in [9.17, 15) is 9.18 Å². The smallest absolute Gasteiger partial charge is 0.260 e. The Kier molecular flexibility index (Phi) is 4.36. The number of rotatable bonds is 3. The first-order valence-corrected chi connectivity index (χ1v) is 7.89. The number of anilines is 1. The Balaban J connectivity index is 1.87. The summed E-state index contributed by atoms with van der Waals surface area (Å²) in [7, 11) is 0. The molecule has 3 aromatic rings. The summed E-state index contributed by atoms with van der Waals surface area (Å²) in [6, 6.07) is 9.39. The molecule has 0 atom stereocenters. The maximum Gasteiger partial charge on any atom is 0.260 e. The fourth-order valence-electron chi connectivity index (χ4n) is 2.02. The number of thiazole rings is 1. The summed E-state index contributed by atoms with van der Waals surface area (Å²) in [5.41, 5.74) is 1.40. The second-order valence-electron chi connectivity index (χ2n) is 4.73. The number of nitrogens with zero attached hydrogens (tertiary/aromatic N) is 2. The van der Waals surface area contributed by atoms with E-state index in [-0.39, 0.29) is 5.56 Å². The van der Waals surface area contributed by atoms with Crippen LogP contribution in [0.1, 0.15) is 16.1 Å². The van der Waals surface area contributed by atoms with Crippen LogP contribution in [0.3, 0.4) is 0 Å². The molecule has 0 saturated carbocycles. The van der Waals surface area contributed by atoms with Gasteiger partial charge in [0, 0.05) is 11.2 Å². The third-order valence-corrected chi connectivity index (χ3v) is 4.42. The third kappa shape index (κ3) is 3.38. The Bertz CT molecular complexity index is 867. The molecule has 0 fully saturated rings. The van der Waals surface area contributed by atoms with Gasteiger partial charge in [0.2, 0.25) is 0 Å². The van der Waals surface area contributed by atoms with Gasteiger partial charge in [0.25, 0.3) is 5.91 Å². The van der Waals surface area contributed by atoms with Crippen molar-refractivity contribution in [2.24, 2.45) is 0 Å². The number of hydrogen-bond donors (Lipinski definition) is 1. The highest BCUT2D eigenvalue weighted by atomic mass is 35.5. The SMILES string of the molecule is Cc1nc(NC(=O)c2cc(Cl)ccc2F)sc1-c1ccccn1. The normalized spacial score (nSPS) is 10.6. The molecular formula is C16H11ClFN3OS. The van der Waals surface area contributed by atoms with E-state index in [1.807, 2.05) is 25.1 Å². The lowest BCUT2D eigenvalue weighted by molar-refractivity contribution is 0.102. The Hall–Kier alpha value is -2.31. The van der Waals surface area contributed by atoms with E-state index in [0.717, 1.165) is 22.3 Å². The number of pyridine rings is 1. The van der Waals surface area contributed by atoms with E-state index in [2.05, 4.69) is 15.3 Å². The number of aryl methyl sites for hydroxylation is 1. The maximum atomic E-state index is 13.7. The Morgan fingerprint density at radius 2 is 2.13 bits per heavy atom. The van der Waals surface area contributed by atoms with E-state index in [0.29, 0.717) is 10.2 Å². The van der Waals surface area contributed by atoms with Crippen LogP contribution in [0.25, 0.3) is 10.6 Å². The van der Waals surface area contributed by atoms with Gasteiger partial charge in [-0.25, -0.2) is 9.37 Å². The average molecular weight is 348 g/mol. The first kappa shape index (κ1) is 15.6. The van der Waals surface area contributed by atoms with Crippen LogP contribution in [-0.4, -0.2) is 15.9 Å². The number of carbonyl (C=O) groups excluding carboxylic acids is 1. The Labute approximate surface area is 141 Å². The standard InChI is InChI=1S/C16H11ClFN3OS/c1-9-14(13-4-2-3-7-19-13)23-16(20-9)21-15(22)11-8-10(17)5-6-12(11)18/h2-8H,1H3,(H,20,21,22). The summed E-state index contributed by atoms with van der Waals surface area (Å²) in [4.78, 5) is 21.6. The molecule has 1 amide bonds. The molecule has 0 spiro atoms. The molecule has 0 unspecified atom stereocenters. The molecule has 23 heavy (non-hydrogen) atoms. The largest absolute Gasteiger partial charge is 0.298 e. The minimum Gasteiger partial charge on any atom is -0.298 e. The van der Waals surface area contributed by atoms with Crippen LogP contribution in [0.15, 0.2) is 42.6 Å². The molecule has 1 N–H and O–H groups in total. The van der Waals surface area contributed by atoms with E-state index in [4.69, 9.17) is 11.6 Å². The average Bonchev–Trinajstić information content (AvgIpc) is 2.91. The van der Waals surface area contributed by atoms with Crippen molar-refractivity contribution in [3.05, 3.63) is 64.7 Å². The lowest BCUT2D eigenvalue weighted by atomic mass is 10.2. The number of nitrogens with one attached hydrogen (secondary N) is 1. The second-order valence-corrected chi connectivity index (χ2v) is 6.16. The van der Waals surface area contributed by atoms with Crippen LogP contribution in [0.5, 0.6) is 0 Å². The van der Waals surface area contributed by atoms with Crippen molar-refractivity contribution in [1.29, 1.82) is 0 Å². The lowest BCUT2D eigenvalue weighted by Gasteiger charge is -2.03. The van der Waals surface area contributed by atoms with Crippen molar-refractivity contribution in [3.8, 4) is 10.6 Å². The molecule has 2 aromatic heterocycles. The maximum absolute atomic E-state index is 13.7. The topological polar surface area (TPSA) is 54.9 Å². The van der Waals surface area contributed by atoms with Gasteiger partial charge in [0.05, 0.1) is 21.8 Å². The van der Waals surface area contributed by atoms with Crippen molar-refractivity contribution < 1.29 is 9.18 Å². The van der Waals surface area contributed by atoms with Gasteiger partial charge in [0.1, 0.15) is 5.82 Å². The van der Waals surface area contributed by atoms with Crippen LogP contribution in [-0.2, 0) is 0 Å². The van der Waals surface area contributed by atoms with Gasteiger partial charge in [-0.2, -0.15) is 0 Å². The van der Waals surface area contributed by atoms with Gasteiger partial charge in [-0.15, -0.1) is 0 Å². The number of aromatic nitrogens is 2. The zero-order valence-electron chi connectivity index (χ0n) is 12.0. The summed E-state index contributed by atoms with van der Waals surface area (Å²) in [6.45, 7) is 1.83. The van der Waals surface area contributed by atoms with Crippen LogP contribution in [0, 0.1) is 12.7 Å². The fourth-order valence-corrected chi connectivity index (χ4v) is 3.13. The Morgan fingerprint density at radius 3 is 2.87 bits per heavy atom. The second kappa shape index (κ2) is 6.44. The molecule has 0 radical (unpaired) electrons. The molecule has 2 heterocycles. The van der Waals surface area contributed by atoms with Crippen LogP contribution in [0.2, 0.25) is 5.02 Å². The summed E-state index contributed by atoms with van der Waals surface area (Å²) in [5, 5.41) is 3.27. The van der Waals surface area contributed by atoms with Crippen molar-refractivity contribution >= 4 is 34.0 Å². The van der Waals surface area contributed by atoms with Crippen molar-refractivity contribution in [3.63, 3.8) is 0 Å². The van der Waals surface area contributed by atoms with E-state index >= 15 is 0 Å². The highest BCUT2D eigenvalue weighted by Crippen LogP contribution is 2.31. The molecule has 0 aliphatic heterocycles. The van der Waals surface area contributed by atoms with Gasteiger partial charge in [-0.1, -0.05) is 29.0 Å². The van der Waals surface area contributed by atoms with Gasteiger partial charge < -0.3 is 0 Å². The van der Waals surface area contributed by atoms with Crippen molar-refractivity contribution in [1.82, 2.24) is 9.97 Å². The minimum absolute atomic E-state index is 0.121. The molecule has 0 bridgehead atoms. The number of amides is 1. The van der Waals surface area contributed by atoms with Crippen LogP contribution >= 0.6 is 22.9 Å². The summed E-state index contributed by atoms with van der Waals surface area (Å²) in [6.07, 6.45) is 1.69. The molecule has 0 saturated heterocycles. The summed E-state index contributed by atoms with van der Waals surface area (Å²) >= 11 is 7.09. The first-order chi connectivity index (χ1) is 11.0. The van der Waals surface area contributed by atoms with Crippen LogP contribution < -0.4 is 5.32 Å². The van der Waals surface area contributed by atoms with Crippen LogP contribution in [0.4, 0.5) is 9.52 Å². The molecule has 0 aliphatic rings. The molecule has 7 heteroatoms. The minimum atomic E-state index is -0.634. The molecule has 4 nitrogen and oxygen atoms in total. The predicted octanol–water partition coefficient (Wildman–Crippen LogP) is 4.56. The highest BCUT2D eigenvalue weighted by Gasteiger charge is 2.16. The quantitative estimate of drug-likeness (QED) is 0.755. The van der Waals surface area contributed by atoms with Crippen molar-refractivity contribution in [2.45, 2.75) is 6.92 Å². The highest BCUT2D eigenvalue weighted by molar-refractivity contribution is 7.19. The Morgan fingerprint density at radius 1 is 1.30 bits per heavy atom. The lowest BCUT2D eigenvalue weighted by Crippen LogP contribution is -2.13. The van der Waals surface area contributed by atoms with Gasteiger partial charge in [-0.3, -0.25) is 15.1 Å². The molecular weight excluding hydrogens is 337 g/mol. The number of carbonyl (C=O) groups is 1.